The number of rotatable bonds is 7. The Morgan fingerprint density at radius 3 is 2.85 bits per heavy atom. The van der Waals surface area contributed by atoms with E-state index in [1.807, 2.05) is 23.6 Å². The van der Waals surface area contributed by atoms with E-state index >= 15 is 0 Å². The summed E-state index contributed by atoms with van der Waals surface area (Å²) in [5, 5.41) is 1.01. The van der Waals surface area contributed by atoms with Gasteiger partial charge in [0.05, 0.1) is 16.4 Å². The Labute approximate surface area is 153 Å². The molecule has 1 atom stereocenters. The number of aromatic amines is 1. The van der Waals surface area contributed by atoms with Gasteiger partial charge in [-0.15, -0.1) is 0 Å². The predicted molar refractivity (Wildman–Crippen MR) is 97.5 cm³/mol. The second-order valence-electron chi connectivity index (χ2n) is 7.37. The highest BCUT2D eigenvalue weighted by molar-refractivity contribution is 7.82. The van der Waals surface area contributed by atoms with E-state index in [0.29, 0.717) is 30.8 Å². The molecule has 142 valence electrons. The van der Waals surface area contributed by atoms with E-state index in [1.54, 1.807) is 6.33 Å². The highest BCUT2D eigenvalue weighted by atomic mass is 32.2. The van der Waals surface area contributed by atoms with Gasteiger partial charge in [0.15, 0.2) is 0 Å². The lowest BCUT2D eigenvalue weighted by molar-refractivity contribution is 0.0754. The number of fused-ring (bicyclic) bond motifs is 1. The number of halogens is 2. The lowest BCUT2D eigenvalue weighted by atomic mass is 9.81. The normalized spacial score (nSPS) is 25.2. The van der Waals surface area contributed by atoms with Gasteiger partial charge in [-0.05, 0) is 30.7 Å². The number of alkyl halides is 2. The van der Waals surface area contributed by atoms with Gasteiger partial charge in [0.1, 0.15) is 17.8 Å². The summed E-state index contributed by atoms with van der Waals surface area (Å²) in [4.78, 5) is 13.9. The van der Waals surface area contributed by atoms with Crippen molar-refractivity contribution >= 4 is 27.8 Å². The average molecular weight is 383 g/mol. The third-order valence-corrected chi connectivity index (χ3v) is 7.16. The van der Waals surface area contributed by atoms with Crippen LogP contribution in [0.1, 0.15) is 19.3 Å². The maximum Gasteiger partial charge on any atom is 0.239 e. The van der Waals surface area contributed by atoms with Crippen LogP contribution in [0.15, 0.2) is 18.6 Å². The van der Waals surface area contributed by atoms with Gasteiger partial charge in [0.2, 0.25) is 6.43 Å². The fourth-order valence-corrected chi connectivity index (χ4v) is 5.50. The van der Waals surface area contributed by atoms with Gasteiger partial charge in [-0.2, -0.15) is 0 Å². The Kier molecular flexibility index (Phi) is 4.92. The molecule has 0 aromatic carbocycles. The van der Waals surface area contributed by atoms with Gasteiger partial charge < -0.3 is 9.88 Å². The van der Waals surface area contributed by atoms with Crippen molar-refractivity contribution in [2.45, 2.75) is 31.7 Å². The molecule has 3 heterocycles. The summed E-state index contributed by atoms with van der Waals surface area (Å²) in [7, 11) is 0.997. The van der Waals surface area contributed by atoms with Crippen LogP contribution in [0.3, 0.4) is 0 Å². The number of nitrogens with one attached hydrogen (secondary N) is 1. The molecule has 4 rings (SSSR count). The van der Waals surface area contributed by atoms with E-state index < -0.39 is 17.4 Å². The van der Waals surface area contributed by atoms with Crippen molar-refractivity contribution in [1.29, 1.82) is 0 Å². The quantitative estimate of drug-likeness (QED) is 0.798. The van der Waals surface area contributed by atoms with Crippen LogP contribution in [0, 0.1) is 11.8 Å². The lowest BCUT2D eigenvalue weighted by Gasteiger charge is -2.44. The molecule has 6 nitrogen and oxygen atoms in total. The first-order valence-electron chi connectivity index (χ1n) is 8.93. The molecule has 0 radical (unpaired) electrons. The molecular formula is C17H23F2N5OS. The first-order chi connectivity index (χ1) is 12.5. The van der Waals surface area contributed by atoms with Gasteiger partial charge >= 0.3 is 0 Å². The van der Waals surface area contributed by atoms with Crippen molar-refractivity contribution in [2.24, 2.45) is 11.8 Å². The zero-order valence-corrected chi connectivity index (χ0v) is 15.5. The third-order valence-electron chi connectivity index (χ3n) is 5.53. The molecule has 2 aromatic rings. The second kappa shape index (κ2) is 7.19. The summed E-state index contributed by atoms with van der Waals surface area (Å²) in [6.07, 6.45) is 3.05. The Bertz CT molecular complexity index is 788. The second-order valence-corrected chi connectivity index (χ2v) is 8.86. The molecule has 2 fully saturated rings. The molecule has 0 bridgehead atoms. The standard InChI is InChI=1S/C17H23F2N5OS/c1-23(17-14-2-3-20-16(14)21-10-22-17)13-4-11(5-13)9-26(25)24-7-12(8-24)6-15(18)19/h2-3,10-13,15H,4-9H2,1H3,(H,20,21,22). The SMILES string of the molecule is CN(c1ncnc2[nH]ccc12)C1CC(CS(=O)N2CC(CC(F)F)C2)C1. The van der Waals surface area contributed by atoms with Gasteiger partial charge in [-0.3, -0.25) is 0 Å². The Morgan fingerprint density at radius 1 is 1.35 bits per heavy atom. The van der Waals surface area contributed by atoms with Crippen LogP contribution in [-0.4, -0.2) is 61.8 Å². The number of anilines is 1. The lowest BCUT2D eigenvalue weighted by Crippen LogP contribution is -2.51. The fraction of sp³-hybridized carbons (Fsp3) is 0.647. The fourth-order valence-electron chi connectivity index (χ4n) is 3.86. The molecule has 2 aromatic heterocycles. The van der Waals surface area contributed by atoms with Gasteiger partial charge in [0.25, 0.3) is 0 Å². The molecule has 2 aliphatic rings. The minimum absolute atomic E-state index is 0.000691. The summed E-state index contributed by atoms with van der Waals surface area (Å²) in [5.41, 5.74) is 0.829. The van der Waals surface area contributed by atoms with Crippen molar-refractivity contribution in [3.05, 3.63) is 18.6 Å². The molecule has 1 saturated heterocycles. The number of nitrogens with zero attached hydrogens (tertiary/aromatic N) is 4. The van der Waals surface area contributed by atoms with E-state index in [1.165, 1.54) is 0 Å². The summed E-state index contributed by atoms with van der Waals surface area (Å²) in [6.45, 7) is 1.08. The van der Waals surface area contributed by atoms with Gasteiger partial charge in [-0.1, -0.05) is 0 Å². The molecule has 0 amide bonds. The van der Waals surface area contributed by atoms with Crippen molar-refractivity contribution < 1.29 is 13.0 Å². The van der Waals surface area contributed by atoms with Crippen molar-refractivity contribution in [3.63, 3.8) is 0 Å². The smallest absolute Gasteiger partial charge is 0.239 e. The highest BCUT2D eigenvalue weighted by Gasteiger charge is 2.38. The first-order valence-corrected chi connectivity index (χ1v) is 10.2. The van der Waals surface area contributed by atoms with Crippen LogP contribution in [-0.2, 0) is 11.0 Å². The summed E-state index contributed by atoms with van der Waals surface area (Å²) in [6, 6.07) is 2.36. The molecule has 26 heavy (non-hydrogen) atoms. The first kappa shape index (κ1) is 17.8. The van der Waals surface area contributed by atoms with Crippen LogP contribution in [0.5, 0.6) is 0 Å². The minimum atomic E-state index is -2.26. The largest absolute Gasteiger partial charge is 0.356 e. The van der Waals surface area contributed by atoms with Crippen LogP contribution >= 0.6 is 0 Å². The van der Waals surface area contributed by atoms with E-state index in [9.17, 15) is 13.0 Å². The summed E-state index contributed by atoms with van der Waals surface area (Å²) in [5.74, 6) is 1.97. The molecule has 1 unspecified atom stereocenters. The maximum atomic E-state index is 12.4. The number of aromatic nitrogens is 3. The van der Waals surface area contributed by atoms with Gasteiger partial charge in [0, 0.05) is 44.5 Å². The summed E-state index contributed by atoms with van der Waals surface area (Å²) >= 11 is 0. The third kappa shape index (κ3) is 3.46. The molecule has 1 aliphatic heterocycles. The van der Waals surface area contributed by atoms with Crippen LogP contribution in [0.2, 0.25) is 0 Å². The van der Waals surface area contributed by atoms with Crippen molar-refractivity contribution in [1.82, 2.24) is 19.3 Å². The number of H-pyrrole nitrogens is 1. The minimum Gasteiger partial charge on any atom is -0.356 e. The molecule has 0 spiro atoms. The summed E-state index contributed by atoms with van der Waals surface area (Å²) < 4.78 is 38.9. The van der Waals surface area contributed by atoms with Crippen LogP contribution in [0.25, 0.3) is 11.0 Å². The topological polar surface area (TPSA) is 65.1 Å². The van der Waals surface area contributed by atoms with Crippen molar-refractivity contribution in [2.75, 3.05) is 30.8 Å². The maximum absolute atomic E-state index is 12.4. The zero-order valence-electron chi connectivity index (χ0n) is 14.6. The molecule has 1 aliphatic carbocycles. The predicted octanol–water partition coefficient (Wildman–Crippen LogP) is 2.42. The van der Waals surface area contributed by atoms with Crippen LogP contribution in [0.4, 0.5) is 14.6 Å². The average Bonchev–Trinajstić information content (AvgIpc) is 3.01. The molecule has 1 saturated carbocycles. The zero-order chi connectivity index (χ0) is 18.3. The highest BCUT2D eigenvalue weighted by Crippen LogP contribution is 2.36. The number of hydrogen-bond donors (Lipinski definition) is 1. The Morgan fingerprint density at radius 2 is 2.12 bits per heavy atom. The van der Waals surface area contributed by atoms with E-state index in [-0.39, 0.29) is 12.3 Å². The van der Waals surface area contributed by atoms with E-state index in [2.05, 4.69) is 19.9 Å². The molecular weight excluding hydrogens is 360 g/mol. The van der Waals surface area contributed by atoms with Crippen molar-refractivity contribution in [3.8, 4) is 0 Å². The molecule has 1 N–H and O–H groups in total. The van der Waals surface area contributed by atoms with Crippen LogP contribution < -0.4 is 4.90 Å². The van der Waals surface area contributed by atoms with E-state index in [4.69, 9.17) is 0 Å². The Balaban J connectivity index is 1.25. The van der Waals surface area contributed by atoms with E-state index in [0.717, 1.165) is 29.7 Å². The molecule has 9 heteroatoms. The Hall–Kier alpha value is -1.61. The number of hydrogen-bond acceptors (Lipinski definition) is 4. The van der Waals surface area contributed by atoms with Gasteiger partial charge in [-0.25, -0.2) is 27.3 Å². The monoisotopic (exact) mass is 383 g/mol.